The molecule has 0 fully saturated rings. The molecule has 0 N–H and O–H groups in total. The number of aromatic nitrogens is 3. The van der Waals surface area contributed by atoms with E-state index in [1.165, 1.54) is 138 Å². The van der Waals surface area contributed by atoms with Gasteiger partial charge in [0.05, 0.1) is 52.2 Å². The Hall–Kier alpha value is -7.36. The molecule has 0 atom stereocenters. The maximum Gasteiger partial charge on any atom is 0.0729 e. The third-order valence-corrected chi connectivity index (χ3v) is 16.3. The molecule has 9 aliphatic carbocycles. The van der Waals surface area contributed by atoms with Crippen molar-refractivity contribution in [1.82, 2.24) is 14.4 Å². The molecule has 0 saturated heterocycles. The maximum absolute atomic E-state index is 5.60. The van der Waals surface area contributed by atoms with E-state index in [9.17, 15) is 0 Å². The molecule has 0 radical (unpaired) electrons. The summed E-state index contributed by atoms with van der Waals surface area (Å²) in [6.45, 7) is 0. The normalized spacial score (nSPS) is 22.1. The average Bonchev–Trinajstić information content (AvgIpc) is 3.86. The third-order valence-electron chi connectivity index (χ3n) is 16.3. The van der Waals surface area contributed by atoms with Crippen molar-refractivity contribution in [3.8, 4) is 0 Å². The van der Waals surface area contributed by atoms with E-state index in [0.29, 0.717) is 0 Å². The Morgan fingerprint density at radius 3 is 1.05 bits per heavy atom. The van der Waals surface area contributed by atoms with Gasteiger partial charge in [0.25, 0.3) is 0 Å². The molecular weight excluding hydrogens is 739 g/mol. The van der Waals surface area contributed by atoms with Crippen LogP contribution in [0.1, 0.15) is 136 Å². The van der Waals surface area contributed by atoms with Gasteiger partial charge in [0.2, 0.25) is 0 Å². The highest BCUT2D eigenvalue weighted by molar-refractivity contribution is 6.27. The summed E-state index contributed by atoms with van der Waals surface area (Å²) in [5.74, 6) is 0.723. The molecule has 7 aromatic carbocycles. The van der Waals surface area contributed by atoms with Gasteiger partial charge < -0.3 is 4.40 Å². The maximum atomic E-state index is 5.60. The molecule has 280 valence electrons. The lowest BCUT2D eigenvalue weighted by molar-refractivity contribution is 0.733. The van der Waals surface area contributed by atoms with Gasteiger partial charge in [0.1, 0.15) is 0 Å². The van der Waals surface area contributed by atoms with Gasteiger partial charge in [-0.2, -0.15) is 0 Å². The molecule has 0 aliphatic heterocycles. The molecule has 3 nitrogen and oxygen atoms in total. The predicted molar refractivity (Wildman–Crippen MR) is 241 cm³/mol. The molecule has 11 aromatic rings. The van der Waals surface area contributed by atoms with Crippen LogP contribution in [0, 0.1) is 0 Å². The van der Waals surface area contributed by atoms with Gasteiger partial charge in [0, 0.05) is 45.2 Å². The van der Waals surface area contributed by atoms with Crippen LogP contribution in [0.15, 0.2) is 164 Å². The van der Waals surface area contributed by atoms with Crippen LogP contribution >= 0.6 is 0 Å². The minimum Gasteiger partial charge on any atom is -0.305 e. The fraction of sp³-hybridized carbons (Fsp3) is 0.103. The number of pyridine rings is 2. The fourth-order valence-electron chi connectivity index (χ4n) is 14.4. The average molecular weight is 772 g/mol. The van der Waals surface area contributed by atoms with Crippen LogP contribution in [0.25, 0.3) is 38.1 Å². The molecule has 20 rings (SSSR count). The molecule has 0 amide bonds. The number of hydrogen-bond acceptors (Lipinski definition) is 2. The molecule has 6 bridgehead atoms. The van der Waals surface area contributed by atoms with E-state index < -0.39 is 0 Å². The fourth-order valence-corrected chi connectivity index (χ4v) is 14.4. The van der Waals surface area contributed by atoms with Gasteiger partial charge in [-0.05, 0) is 95.1 Å². The number of benzene rings is 7. The Bertz CT molecular complexity index is 3740. The molecule has 4 aromatic heterocycles. The smallest absolute Gasteiger partial charge is 0.0729 e. The van der Waals surface area contributed by atoms with E-state index >= 15 is 0 Å². The second-order valence-electron chi connectivity index (χ2n) is 18.5. The van der Waals surface area contributed by atoms with E-state index in [1.54, 1.807) is 0 Å². The molecule has 0 saturated carbocycles. The van der Waals surface area contributed by atoms with Gasteiger partial charge in [-0.15, -0.1) is 0 Å². The van der Waals surface area contributed by atoms with Crippen LogP contribution in [0.4, 0.5) is 0 Å². The summed E-state index contributed by atoms with van der Waals surface area (Å²) in [5.41, 5.74) is 29.1. The summed E-state index contributed by atoms with van der Waals surface area (Å²) in [7, 11) is 0. The highest BCUT2D eigenvalue weighted by atomic mass is 15.0. The van der Waals surface area contributed by atoms with Crippen molar-refractivity contribution in [2.75, 3.05) is 0 Å². The van der Waals surface area contributed by atoms with Crippen LogP contribution < -0.4 is 0 Å². The van der Waals surface area contributed by atoms with Crippen molar-refractivity contribution in [1.29, 1.82) is 0 Å². The summed E-state index contributed by atoms with van der Waals surface area (Å²) < 4.78 is 2.61. The van der Waals surface area contributed by atoms with Crippen molar-refractivity contribution in [2.45, 2.75) is 35.5 Å². The highest BCUT2D eigenvalue weighted by Gasteiger charge is 2.49. The van der Waals surface area contributed by atoms with Crippen LogP contribution in [0.3, 0.4) is 0 Å². The first kappa shape index (κ1) is 30.6. The van der Waals surface area contributed by atoms with Crippen LogP contribution in [-0.4, -0.2) is 14.4 Å². The summed E-state index contributed by atoms with van der Waals surface area (Å²) in [6.07, 6.45) is 4.47. The van der Waals surface area contributed by atoms with Crippen LogP contribution in [0.2, 0.25) is 0 Å². The minimum atomic E-state index is 0.103. The standard InChI is InChI=1S/C58H33N3/c1-3-15-30-28(13-1)44-29-14-2-4-16-31(29)45(30)51-40(44)25-41-50-42(26-59-56-48-36-21-9-5-17-32(36)46(53(50)56)33-18-6-10-22-37(33)48)61-43-27-60-57-49-38-23-11-7-19-34(38)47(35-20-8-12-24-39(35)49)54(57)52(43)55(51)58(41)61/h1-27,44-49H. The SMILES string of the molecule is c1ccc2c(c1)C1c3ccccc3C2c2c1cc1c3c4c(ncc3n3c5cnc6c(c5c2c13)C1c2ccccc2C6c2ccccc21)C1c2ccccc2C4c2ccccc21. The lowest BCUT2D eigenvalue weighted by atomic mass is 9.59. The molecule has 3 heteroatoms. The molecule has 0 unspecified atom stereocenters. The number of nitrogens with zero attached hydrogens (tertiary/aromatic N) is 3. The first-order valence-corrected chi connectivity index (χ1v) is 21.9. The monoisotopic (exact) mass is 771 g/mol. The Morgan fingerprint density at radius 2 is 0.639 bits per heavy atom. The second-order valence-corrected chi connectivity index (χ2v) is 18.5. The Kier molecular flexibility index (Phi) is 5.10. The van der Waals surface area contributed by atoms with Gasteiger partial charge in [0.15, 0.2) is 0 Å². The number of rotatable bonds is 0. The van der Waals surface area contributed by atoms with E-state index in [1.807, 2.05) is 0 Å². The quantitative estimate of drug-likeness (QED) is 0.154. The van der Waals surface area contributed by atoms with E-state index in [4.69, 9.17) is 9.97 Å². The topological polar surface area (TPSA) is 30.2 Å². The van der Waals surface area contributed by atoms with Crippen molar-refractivity contribution in [3.63, 3.8) is 0 Å². The molecule has 4 heterocycles. The highest BCUT2D eigenvalue weighted by Crippen LogP contribution is 2.64. The van der Waals surface area contributed by atoms with Gasteiger partial charge in [-0.25, -0.2) is 0 Å². The zero-order chi connectivity index (χ0) is 39.0. The van der Waals surface area contributed by atoms with Crippen LogP contribution in [-0.2, 0) is 0 Å². The summed E-state index contributed by atoms with van der Waals surface area (Å²) in [6, 6.07) is 58.0. The lowest BCUT2D eigenvalue weighted by Crippen LogP contribution is -2.29. The largest absolute Gasteiger partial charge is 0.305 e. The Morgan fingerprint density at radius 1 is 0.311 bits per heavy atom. The lowest BCUT2D eigenvalue weighted by Gasteiger charge is -2.43. The van der Waals surface area contributed by atoms with E-state index in [-0.39, 0.29) is 35.5 Å². The Balaban J connectivity index is 1.09. The molecule has 9 aliphatic rings. The first-order chi connectivity index (χ1) is 30.3. The number of fused-ring (bicyclic) bond motifs is 6. The molecule has 61 heavy (non-hydrogen) atoms. The Labute approximate surface area is 351 Å². The van der Waals surface area contributed by atoms with Crippen molar-refractivity contribution in [2.24, 2.45) is 0 Å². The summed E-state index contributed by atoms with van der Waals surface area (Å²) in [5, 5.41) is 5.54. The van der Waals surface area contributed by atoms with Crippen molar-refractivity contribution < 1.29 is 0 Å². The summed E-state index contributed by atoms with van der Waals surface area (Å²) in [4.78, 5) is 11.2. The van der Waals surface area contributed by atoms with E-state index in [0.717, 1.165) is 0 Å². The predicted octanol–water partition coefficient (Wildman–Crippen LogP) is 12.6. The molecular formula is C58H33N3. The van der Waals surface area contributed by atoms with Crippen molar-refractivity contribution in [3.05, 3.63) is 264 Å². The third kappa shape index (κ3) is 3.22. The zero-order valence-electron chi connectivity index (χ0n) is 32.9. The van der Waals surface area contributed by atoms with Gasteiger partial charge >= 0.3 is 0 Å². The van der Waals surface area contributed by atoms with Crippen molar-refractivity contribution >= 4 is 38.1 Å². The molecule has 0 spiro atoms. The second kappa shape index (κ2) is 10.1. The van der Waals surface area contributed by atoms with E-state index in [2.05, 4.69) is 168 Å². The van der Waals surface area contributed by atoms with Gasteiger partial charge in [-0.1, -0.05) is 146 Å². The van der Waals surface area contributed by atoms with Crippen LogP contribution in [0.5, 0.6) is 0 Å². The minimum absolute atomic E-state index is 0.103. The number of hydrogen-bond donors (Lipinski definition) is 0. The van der Waals surface area contributed by atoms with Gasteiger partial charge in [-0.3, -0.25) is 9.97 Å². The summed E-state index contributed by atoms with van der Waals surface area (Å²) >= 11 is 0. The zero-order valence-corrected chi connectivity index (χ0v) is 32.9. The first-order valence-electron chi connectivity index (χ1n) is 21.9.